The second-order valence-corrected chi connectivity index (χ2v) is 6.67. The lowest BCUT2D eigenvalue weighted by Gasteiger charge is -2.09. The fraction of sp³-hybridized carbons (Fsp3) is 0.0833. The molecule has 0 aliphatic rings. The number of hydrazone groups is 1. The lowest BCUT2D eigenvalue weighted by molar-refractivity contribution is -0.119. The molecule has 0 aliphatic heterocycles. The minimum absolute atomic E-state index is 0.155. The van der Waals surface area contributed by atoms with Gasteiger partial charge in [-0.2, -0.15) is 5.10 Å². The van der Waals surface area contributed by atoms with Gasteiger partial charge in [-0.1, -0.05) is 72.8 Å². The summed E-state index contributed by atoms with van der Waals surface area (Å²) in [5.74, 6) is -0.187. The molecule has 0 fully saturated rings. The van der Waals surface area contributed by atoms with E-state index in [1.54, 1.807) is 0 Å². The Balaban J connectivity index is 1.41. The van der Waals surface area contributed by atoms with Crippen LogP contribution in [0.5, 0.6) is 0 Å². The van der Waals surface area contributed by atoms with Crippen molar-refractivity contribution < 1.29 is 4.79 Å². The number of benzene rings is 4. The van der Waals surface area contributed by atoms with Gasteiger partial charge in [0, 0.05) is 11.1 Å². The monoisotopic (exact) mass is 367 g/mol. The zero-order chi connectivity index (χ0) is 19.3. The first-order valence-electron chi connectivity index (χ1n) is 9.25. The van der Waals surface area contributed by atoms with Crippen LogP contribution in [0, 0.1) is 0 Å². The minimum atomic E-state index is -0.187. The van der Waals surface area contributed by atoms with E-state index in [1.807, 2.05) is 55.5 Å². The molecular weight excluding hydrogens is 346 g/mol. The van der Waals surface area contributed by atoms with Crippen molar-refractivity contribution in [1.82, 2.24) is 5.43 Å². The highest BCUT2D eigenvalue weighted by Gasteiger charge is 2.05. The third-order valence-corrected chi connectivity index (χ3v) is 4.74. The molecule has 0 aliphatic carbocycles. The zero-order valence-corrected chi connectivity index (χ0v) is 15.6. The van der Waals surface area contributed by atoms with E-state index in [-0.39, 0.29) is 12.5 Å². The maximum atomic E-state index is 12.2. The van der Waals surface area contributed by atoms with Crippen molar-refractivity contribution in [1.29, 1.82) is 0 Å². The van der Waals surface area contributed by atoms with Crippen molar-refractivity contribution in [3.8, 4) is 0 Å². The number of anilines is 1. The van der Waals surface area contributed by atoms with Crippen LogP contribution in [0.15, 0.2) is 90.0 Å². The second kappa shape index (κ2) is 7.92. The van der Waals surface area contributed by atoms with E-state index in [2.05, 4.69) is 52.2 Å². The van der Waals surface area contributed by atoms with E-state index in [9.17, 15) is 4.79 Å². The highest BCUT2D eigenvalue weighted by atomic mass is 16.2. The topological polar surface area (TPSA) is 53.5 Å². The van der Waals surface area contributed by atoms with E-state index in [0.717, 1.165) is 33.1 Å². The smallest absolute Gasteiger partial charge is 0.259 e. The van der Waals surface area contributed by atoms with Gasteiger partial charge in [0.05, 0.1) is 12.3 Å². The van der Waals surface area contributed by atoms with Crippen molar-refractivity contribution in [3.63, 3.8) is 0 Å². The van der Waals surface area contributed by atoms with Gasteiger partial charge in [-0.3, -0.25) is 4.79 Å². The molecule has 4 heteroatoms. The molecular formula is C24H21N3O. The van der Waals surface area contributed by atoms with Crippen LogP contribution in [0.3, 0.4) is 0 Å². The number of hydrogen-bond acceptors (Lipinski definition) is 3. The number of fused-ring (bicyclic) bond motifs is 2. The van der Waals surface area contributed by atoms with Crippen LogP contribution in [0.4, 0.5) is 5.69 Å². The summed E-state index contributed by atoms with van der Waals surface area (Å²) in [6.07, 6.45) is 0. The normalized spacial score (nSPS) is 11.5. The van der Waals surface area contributed by atoms with Crippen LogP contribution in [0.2, 0.25) is 0 Å². The van der Waals surface area contributed by atoms with Gasteiger partial charge in [0.1, 0.15) is 0 Å². The molecule has 4 nitrogen and oxygen atoms in total. The number of carbonyl (C=O) groups excluding carboxylic acids is 1. The van der Waals surface area contributed by atoms with Gasteiger partial charge in [-0.25, -0.2) is 5.43 Å². The van der Waals surface area contributed by atoms with Crippen LogP contribution < -0.4 is 10.7 Å². The Kier molecular flexibility index (Phi) is 5.02. The average Bonchev–Trinajstić information content (AvgIpc) is 2.75. The van der Waals surface area contributed by atoms with Crippen LogP contribution in [-0.2, 0) is 4.79 Å². The number of hydrogen-bond donors (Lipinski definition) is 2. The van der Waals surface area contributed by atoms with Crippen molar-refractivity contribution in [2.45, 2.75) is 6.92 Å². The Morgan fingerprint density at radius 1 is 0.821 bits per heavy atom. The summed E-state index contributed by atoms with van der Waals surface area (Å²) in [6, 6.07) is 28.4. The quantitative estimate of drug-likeness (QED) is 0.387. The van der Waals surface area contributed by atoms with Gasteiger partial charge in [0.15, 0.2) is 0 Å². The number of nitrogens with one attached hydrogen (secondary N) is 2. The summed E-state index contributed by atoms with van der Waals surface area (Å²) in [5, 5.41) is 12.0. The zero-order valence-electron chi connectivity index (χ0n) is 15.6. The Morgan fingerprint density at radius 3 is 2.39 bits per heavy atom. The Hall–Kier alpha value is -3.66. The number of nitrogens with zero attached hydrogens (tertiary/aromatic N) is 1. The molecule has 0 saturated heterocycles. The first-order chi connectivity index (χ1) is 13.7. The van der Waals surface area contributed by atoms with E-state index in [4.69, 9.17) is 0 Å². The maximum Gasteiger partial charge on any atom is 0.259 e. The maximum absolute atomic E-state index is 12.2. The Morgan fingerprint density at radius 2 is 1.54 bits per heavy atom. The van der Waals surface area contributed by atoms with Crippen molar-refractivity contribution in [2.24, 2.45) is 5.10 Å². The predicted molar refractivity (Wildman–Crippen MR) is 117 cm³/mol. The third-order valence-electron chi connectivity index (χ3n) is 4.74. The van der Waals surface area contributed by atoms with Gasteiger partial charge in [0.25, 0.3) is 5.91 Å². The van der Waals surface area contributed by atoms with Crippen LogP contribution in [0.25, 0.3) is 21.5 Å². The lowest BCUT2D eigenvalue weighted by atomic mass is 10.0. The molecule has 0 heterocycles. The standard InChI is InChI=1S/C24H21N3O/c1-17(20-14-13-18-7-2-3-9-21(18)15-20)26-27-24(28)16-25-23-12-6-10-19-8-4-5-11-22(19)23/h2-15,25H,16H2,1H3,(H,27,28)/b26-17+. The fourth-order valence-electron chi connectivity index (χ4n) is 3.22. The fourth-order valence-corrected chi connectivity index (χ4v) is 3.22. The first-order valence-corrected chi connectivity index (χ1v) is 9.25. The highest BCUT2D eigenvalue weighted by molar-refractivity contribution is 6.02. The molecule has 4 aromatic carbocycles. The SMILES string of the molecule is C/C(=N\NC(=O)CNc1cccc2ccccc12)c1ccc2ccccc2c1. The highest BCUT2D eigenvalue weighted by Crippen LogP contribution is 2.22. The summed E-state index contributed by atoms with van der Waals surface area (Å²) in [4.78, 5) is 12.2. The molecule has 0 atom stereocenters. The molecule has 138 valence electrons. The van der Waals surface area contributed by atoms with Gasteiger partial charge in [-0.15, -0.1) is 0 Å². The molecule has 28 heavy (non-hydrogen) atoms. The van der Waals surface area contributed by atoms with Crippen molar-refractivity contribution in [3.05, 3.63) is 90.5 Å². The molecule has 4 aromatic rings. The van der Waals surface area contributed by atoms with Gasteiger partial charge in [-0.05, 0) is 40.8 Å². The summed E-state index contributed by atoms with van der Waals surface area (Å²) in [5.41, 5.74) is 5.32. The van der Waals surface area contributed by atoms with E-state index in [0.29, 0.717) is 0 Å². The molecule has 0 radical (unpaired) electrons. The Bertz CT molecular complexity index is 1180. The first kappa shape index (κ1) is 17.7. The van der Waals surface area contributed by atoms with Crippen molar-refractivity contribution in [2.75, 3.05) is 11.9 Å². The van der Waals surface area contributed by atoms with E-state index in [1.165, 1.54) is 5.39 Å². The lowest BCUT2D eigenvalue weighted by Crippen LogP contribution is -2.26. The van der Waals surface area contributed by atoms with Gasteiger partial charge >= 0.3 is 0 Å². The van der Waals surface area contributed by atoms with Gasteiger partial charge < -0.3 is 5.32 Å². The summed E-state index contributed by atoms with van der Waals surface area (Å²) >= 11 is 0. The molecule has 0 aromatic heterocycles. The molecule has 2 N–H and O–H groups in total. The predicted octanol–water partition coefficient (Wildman–Crippen LogP) is 4.95. The van der Waals surface area contributed by atoms with Crippen LogP contribution in [0.1, 0.15) is 12.5 Å². The molecule has 4 rings (SSSR count). The van der Waals surface area contributed by atoms with E-state index < -0.39 is 0 Å². The number of carbonyl (C=O) groups is 1. The average molecular weight is 367 g/mol. The molecule has 0 saturated carbocycles. The Labute approximate surface area is 163 Å². The number of amides is 1. The minimum Gasteiger partial charge on any atom is -0.376 e. The van der Waals surface area contributed by atoms with Crippen LogP contribution in [-0.4, -0.2) is 18.2 Å². The van der Waals surface area contributed by atoms with Crippen molar-refractivity contribution >= 4 is 38.9 Å². The summed E-state index contributed by atoms with van der Waals surface area (Å²) in [6.45, 7) is 2.05. The summed E-state index contributed by atoms with van der Waals surface area (Å²) in [7, 11) is 0. The molecule has 0 spiro atoms. The third kappa shape index (κ3) is 3.86. The second-order valence-electron chi connectivity index (χ2n) is 6.67. The van der Waals surface area contributed by atoms with Crippen LogP contribution >= 0.6 is 0 Å². The molecule has 0 bridgehead atoms. The molecule has 0 unspecified atom stereocenters. The van der Waals surface area contributed by atoms with E-state index >= 15 is 0 Å². The summed E-state index contributed by atoms with van der Waals surface area (Å²) < 4.78 is 0. The largest absolute Gasteiger partial charge is 0.376 e. The molecule has 1 amide bonds. The van der Waals surface area contributed by atoms with Gasteiger partial charge in [0.2, 0.25) is 0 Å². The number of rotatable bonds is 5.